The summed E-state index contributed by atoms with van der Waals surface area (Å²) >= 11 is 0. The molecule has 10 heteroatoms. The fraction of sp³-hybridized carbons (Fsp3) is 0.278. The molecule has 4 heterocycles. The summed E-state index contributed by atoms with van der Waals surface area (Å²) in [5.74, 6) is -0.386. The van der Waals surface area contributed by atoms with E-state index in [1.54, 1.807) is 24.5 Å². The Morgan fingerprint density at radius 2 is 2.18 bits per heavy atom. The molecule has 0 atom stereocenters. The smallest absolute Gasteiger partial charge is 0.323 e. The Kier molecular flexibility index (Phi) is 4.00. The zero-order valence-electron chi connectivity index (χ0n) is 14.8. The van der Waals surface area contributed by atoms with Crippen LogP contribution in [0.1, 0.15) is 18.4 Å². The number of carbonyl (C=O) groups excluding carboxylic acids is 1. The Labute approximate surface area is 159 Å². The van der Waals surface area contributed by atoms with Gasteiger partial charge in [0.1, 0.15) is 24.0 Å². The largest absolute Gasteiger partial charge is 0.480 e. The minimum Gasteiger partial charge on any atom is -0.480 e. The molecule has 28 heavy (non-hydrogen) atoms. The van der Waals surface area contributed by atoms with Crippen LogP contribution in [0.4, 0.5) is 5.82 Å². The first-order chi connectivity index (χ1) is 13.1. The van der Waals surface area contributed by atoms with Gasteiger partial charge in [-0.05, 0) is 12.1 Å². The van der Waals surface area contributed by atoms with Crippen molar-refractivity contribution in [3.8, 4) is 5.88 Å². The zero-order valence-corrected chi connectivity index (χ0v) is 14.8. The van der Waals surface area contributed by atoms with Gasteiger partial charge in [-0.2, -0.15) is 5.10 Å². The second-order valence-electron chi connectivity index (χ2n) is 6.84. The molecular formula is C18H18N6O4. The van der Waals surface area contributed by atoms with E-state index in [9.17, 15) is 9.59 Å². The highest BCUT2D eigenvalue weighted by molar-refractivity contribution is 6.10. The second-order valence-corrected chi connectivity index (χ2v) is 6.84. The number of H-pyrrole nitrogens is 1. The van der Waals surface area contributed by atoms with Gasteiger partial charge in [0.15, 0.2) is 0 Å². The third-order valence-electron chi connectivity index (χ3n) is 5.22. The molecule has 5 N–H and O–H groups in total. The number of nitrogens with one attached hydrogen (secondary N) is 1. The number of rotatable bonds is 4. The van der Waals surface area contributed by atoms with Gasteiger partial charge in [-0.1, -0.05) is 6.07 Å². The third-order valence-corrected chi connectivity index (χ3v) is 5.22. The van der Waals surface area contributed by atoms with Crippen molar-refractivity contribution >= 4 is 28.7 Å². The van der Waals surface area contributed by atoms with E-state index in [0.29, 0.717) is 30.1 Å². The number of aromatic amines is 1. The minimum absolute atomic E-state index is 0. The Morgan fingerprint density at radius 3 is 2.96 bits per heavy atom. The fourth-order valence-corrected chi connectivity index (χ4v) is 3.98. The number of hydrogen-bond acceptors (Lipinski definition) is 7. The number of amides is 1. The number of anilines is 1. The van der Waals surface area contributed by atoms with E-state index in [4.69, 9.17) is 9.84 Å². The number of carboxylic acid groups (broad SMARTS) is 1. The lowest BCUT2D eigenvalue weighted by Gasteiger charge is -2.43. The first-order valence-electron chi connectivity index (χ1n) is 8.53. The molecule has 3 aromatic rings. The van der Waals surface area contributed by atoms with Crippen molar-refractivity contribution < 1.29 is 19.4 Å². The van der Waals surface area contributed by atoms with Gasteiger partial charge in [-0.3, -0.25) is 19.6 Å². The summed E-state index contributed by atoms with van der Waals surface area (Å²) in [6.07, 6.45) is 3.94. The number of aliphatic carboxylic acids is 1. The van der Waals surface area contributed by atoms with Crippen LogP contribution in [-0.4, -0.2) is 49.8 Å². The van der Waals surface area contributed by atoms with E-state index in [0.717, 1.165) is 11.1 Å². The Morgan fingerprint density at radius 1 is 1.36 bits per heavy atom. The van der Waals surface area contributed by atoms with E-state index in [-0.39, 0.29) is 18.2 Å². The molecule has 1 spiro atoms. The summed E-state index contributed by atoms with van der Waals surface area (Å²) < 4.78 is 5.93. The quantitative estimate of drug-likeness (QED) is 0.611. The number of fused-ring (bicyclic) bond motifs is 3. The lowest BCUT2D eigenvalue weighted by atomic mass is 9.63. The predicted octanol–water partition coefficient (Wildman–Crippen LogP) is 1.43. The number of nitrogens with zero attached hydrogens (tertiary/aromatic N) is 4. The van der Waals surface area contributed by atoms with Crippen LogP contribution in [0.25, 0.3) is 11.0 Å². The van der Waals surface area contributed by atoms with Crippen LogP contribution in [0.3, 0.4) is 0 Å². The first-order valence-corrected chi connectivity index (χ1v) is 8.53. The number of carbonyl (C=O) groups is 2. The first kappa shape index (κ1) is 17.9. The highest BCUT2D eigenvalue weighted by atomic mass is 16.5. The van der Waals surface area contributed by atoms with Crippen molar-refractivity contribution in [2.24, 2.45) is 0 Å². The van der Waals surface area contributed by atoms with Crippen molar-refractivity contribution in [2.75, 3.05) is 11.4 Å². The predicted molar refractivity (Wildman–Crippen MR) is 98.5 cm³/mol. The van der Waals surface area contributed by atoms with Crippen molar-refractivity contribution in [1.82, 2.24) is 26.3 Å². The van der Waals surface area contributed by atoms with Crippen molar-refractivity contribution in [3.05, 3.63) is 42.2 Å². The topological polar surface area (TPSA) is 156 Å². The molecule has 3 aromatic heterocycles. The Hall–Kier alpha value is -3.53. The molecule has 0 saturated heterocycles. The van der Waals surface area contributed by atoms with E-state index >= 15 is 0 Å². The van der Waals surface area contributed by atoms with Crippen LogP contribution in [0, 0.1) is 0 Å². The van der Waals surface area contributed by atoms with Gasteiger partial charge < -0.3 is 16.0 Å². The van der Waals surface area contributed by atoms with Crippen molar-refractivity contribution in [3.63, 3.8) is 0 Å². The van der Waals surface area contributed by atoms with Crippen LogP contribution < -0.4 is 15.8 Å². The van der Waals surface area contributed by atoms with Gasteiger partial charge >= 0.3 is 5.97 Å². The van der Waals surface area contributed by atoms with Gasteiger partial charge in [-0.25, -0.2) is 9.97 Å². The van der Waals surface area contributed by atoms with Crippen molar-refractivity contribution in [2.45, 2.75) is 24.4 Å². The maximum atomic E-state index is 13.0. The summed E-state index contributed by atoms with van der Waals surface area (Å²) in [4.78, 5) is 34.0. The third kappa shape index (κ3) is 2.49. The van der Waals surface area contributed by atoms with E-state index in [2.05, 4.69) is 20.2 Å². The number of pyridine rings is 2. The molecule has 0 unspecified atom stereocenters. The SMILES string of the molecule is N.O=C(O)CN1C(=O)C2(CC(Oc3ccc4[nH]ncc4n3)C2)c2cccnc21. The number of hydrogen-bond donors (Lipinski definition) is 3. The molecule has 1 fully saturated rings. The van der Waals surface area contributed by atoms with Crippen LogP contribution in [0.5, 0.6) is 5.88 Å². The van der Waals surface area contributed by atoms with E-state index < -0.39 is 17.9 Å². The summed E-state index contributed by atoms with van der Waals surface area (Å²) in [6.45, 7) is -0.394. The molecular weight excluding hydrogens is 364 g/mol. The summed E-state index contributed by atoms with van der Waals surface area (Å²) in [5, 5.41) is 15.9. The van der Waals surface area contributed by atoms with Crippen LogP contribution >= 0.6 is 0 Å². The van der Waals surface area contributed by atoms with Gasteiger partial charge in [0, 0.05) is 30.7 Å². The highest BCUT2D eigenvalue weighted by Crippen LogP contribution is 2.53. The molecule has 1 aliphatic heterocycles. The zero-order chi connectivity index (χ0) is 18.6. The summed E-state index contributed by atoms with van der Waals surface area (Å²) in [6, 6.07) is 7.20. The molecule has 144 valence electrons. The average molecular weight is 382 g/mol. The standard InChI is InChI=1S/C18H15N5O4.H3N/c24-15(25)9-23-16-11(2-1-5-19-16)18(17(23)26)6-10(7-18)27-14-4-3-12-13(21-14)8-20-22-12;/h1-5,8,10H,6-7,9H2,(H,20,22)(H,24,25);1H3. The van der Waals surface area contributed by atoms with Crippen molar-refractivity contribution in [1.29, 1.82) is 0 Å². The van der Waals surface area contributed by atoms with Gasteiger partial charge in [0.05, 0.1) is 17.1 Å². The summed E-state index contributed by atoms with van der Waals surface area (Å²) in [5.41, 5.74) is 1.54. The van der Waals surface area contributed by atoms with Crippen LogP contribution in [0.2, 0.25) is 0 Å². The normalized spacial score (nSPS) is 22.6. The lowest BCUT2D eigenvalue weighted by Crippen LogP contribution is -2.54. The Bertz CT molecular complexity index is 1070. The highest BCUT2D eigenvalue weighted by Gasteiger charge is 2.60. The molecule has 10 nitrogen and oxygen atoms in total. The van der Waals surface area contributed by atoms with Gasteiger partial charge in [-0.15, -0.1) is 0 Å². The van der Waals surface area contributed by atoms with Gasteiger partial charge in [0.2, 0.25) is 11.8 Å². The van der Waals surface area contributed by atoms with Gasteiger partial charge in [0.25, 0.3) is 0 Å². The molecule has 0 bridgehead atoms. The molecule has 0 radical (unpaired) electrons. The molecule has 1 aliphatic carbocycles. The maximum Gasteiger partial charge on any atom is 0.323 e. The lowest BCUT2D eigenvalue weighted by molar-refractivity contribution is -0.138. The van der Waals surface area contributed by atoms with E-state index in [1.807, 2.05) is 12.1 Å². The maximum absolute atomic E-state index is 13.0. The van der Waals surface area contributed by atoms with Crippen LogP contribution in [-0.2, 0) is 15.0 Å². The minimum atomic E-state index is -1.07. The van der Waals surface area contributed by atoms with Crippen LogP contribution in [0.15, 0.2) is 36.7 Å². The fourth-order valence-electron chi connectivity index (χ4n) is 3.98. The van der Waals surface area contributed by atoms with E-state index in [1.165, 1.54) is 4.90 Å². The molecule has 5 rings (SSSR count). The number of aromatic nitrogens is 4. The second kappa shape index (κ2) is 6.27. The number of ether oxygens (including phenoxy) is 1. The summed E-state index contributed by atoms with van der Waals surface area (Å²) in [7, 11) is 0. The molecule has 2 aliphatic rings. The Balaban J connectivity index is 0.00000192. The molecule has 1 saturated carbocycles. The average Bonchev–Trinajstić information content (AvgIpc) is 3.17. The molecule has 1 amide bonds. The monoisotopic (exact) mass is 382 g/mol. The molecule has 0 aromatic carbocycles. The number of carboxylic acids is 1.